The molecule has 1 saturated heterocycles. The highest BCUT2D eigenvalue weighted by molar-refractivity contribution is 6.32. The first-order valence-electron chi connectivity index (χ1n) is 14.9. The van der Waals surface area contributed by atoms with Gasteiger partial charge in [0.05, 0.1) is 17.5 Å². The summed E-state index contributed by atoms with van der Waals surface area (Å²) >= 11 is 0. The Morgan fingerprint density at radius 2 is 1.79 bits per heavy atom. The summed E-state index contributed by atoms with van der Waals surface area (Å²) in [5.74, 6) is -9.74. The van der Waals surface area contributed by atoms with E-state index in [1.54, 1.807) is 20.2 Å². The lowest BCUT2D eigenvalue weighted by molar-refractivity contribution is -0.181. The number of amides is 1. The highest BCUT2D eigenvalue weighted by Crippen LogP contribution is 2.51. The number of phenols is 1. The fourth-order valence-electron chi connectivity index (χ4n) is 8.01. The lowest BCUT2D eigenvalue weighted by atomic mass is 9.52. The van der Waals surface area contributed by atoms with Crippen LogP contribution in [0.15, 0.2) is 24.3 Å². The number of likely N-dealkylation sites (N-methyl/N-ethyl adjacent to an activating group) is 1. The van der Waals surface area contributed by atoms with E-state index in [2.05, 4.69) is 16.8 Å². The smallest absolute Gasteiger partial charge is 0.235 e. The van der Waals surface area contributed by atoms with Crippen molar-refractivity contribution in [1.29, 1.82) is 0 Å². The monoisotopic (exact) mass is 590 g/mol. The zero-order valence-electron chi connectivity index (χ0n) is 24.6. The number of ketones is 4. The van der Waals surface area contributed by atoms with E-state index in [1.165, 1.54) is 11.0 Å². The summed E-state index contributed by atoms with van der Waals surface area (Å²) in [5.41, 5.74) is 5.75. The molecule has 11 heteroatoms. The minimum Gasteiger partial charge on any atom is -0.507 e. The Bertz CT molecular complexity index is 1540. The molecule has 11 nitrogen and oxygen atoms in total. The number of hydrogen-bond acceptors (Lipinski definition) is 9. The minimum atomic E-state index is -2.73. The number of likely N-dealkylation sites (tertiary alicyclic amines) is 1. The van der Waals surface area contributed by atoms with Crippen molar-refractivity contribution in [2.45, 2.75) is 50.8 Å². The number of piperidine rings is 1. The van der Waals surface area contributed by atoms with Gasteiger partial charge in [-0.05, 0) is 94.5 Å². The summed E-state index contributed by atoms with van der Waals surface area (Å²) in [6.45, 7) is 5.10. The minimum absolute atomic E-state index is 0.00902. The van der Waals surface area contributed by atoms with E-state index in [4.69, 9.17) is 5.73 Å². The van der Waals surface area contributed by atoms with Crippen LogP contribution in [-0.4, -0.2) is 92.9 Å². The molecule has 0 radical (unpaired) electrons. The van der Waals surface area contributed by atoms with Gasteiger partial charge in [0, 0.05) is 29.4 Å². The average molecular weight is 591 g/mol. The molecule has 2 heterocycles. The molecule has 5 N–H and O–H groups in total. The molecule has 0 bridgehead atoms. The van der Waals surface area contributed by atoms with Gasteiger partial charge < -0.3 is 20.9 Å². The summed E-state index contributed by atoms with van der Waals surface area (Å²) in [4.78, 5) is 74.2. The van der Waals surface area contributed by atoms with Gasteiger partial charge in [-0.3, -0.25) is 33.8 Å². The molecule has 228 valence electrons. The van der Waals surface area contributed by atoms with Gasteiger partial charge in [-0.15, -0.1) is 0 Å². The molecule has 1 aliphatic heterocycles. The molecule has 2 unspecified atom stereocenters. The molecule has 1 aromatic carbocycles. The number of primary amides is 1. The quantitative estimate of drug-likeness (QED) is 0.372. The molecule has 0 spiro atoms. The van der Waals surface area contributed by atoms with E-state index in [9.17, 15) is 34.2 Å². The van der Waals surface area contributed by atoms with Crippen LogP contribution in [0.25, 0.3) is 11.3 Å². The molecule has 1 amide bonds. The normalized spacial score (nSPS) is 31.6. The fourth-order valence-corrected chi connectivity index (χ4v) is 8.01. The van der Waals surface area contributed by atoms with E-state index in [1.807, 2.05) is 12.1 Å². The second-order valence-corrected chi connectivity index (χ2v) is 13.1. The van der Waals surface area contributed by atoms with Gasteiger partial charge in [0.15, 0.2) is 34.7 Å². The Labute approximate surface area is 249 Å². The first-order valence-corrected chi connectivity index (χ1v) is 14.9. The second-order valence-electron chi connectivity index (χ2n) is 13.1. The van der Waals surface area contributed by atoms with Gasteiger partial charge >= 0.3 is 0 Å². The summed E-state index contributed by atoms with van der Waals surface area (Å²) in [6, 6.07) is 5.99. The van der Waals surface area contributed by atoms with E-state index < -0.39 is 64.4 Å². The van der Waals surface area contributed by atoms with E-state index in [0.717, 1.165) is 55.3 Å². The number of aromatic nitrogens is 1. The number of nitrogens with zero attached hydrogens (tertiary/aromatic N) is 2. The number of aromatic amines is 1. The molecule has 4 aliphatic rings. The summed E-state index contributed by atoms with van der Waals surface area (Å²) < 4.78 is 0. The number of rotatable bonds is 5. The van der Waals surface area contributed by atoms with Crippen LogP contribution in [0.3, 0.4) is 0 Å². The van der Waals surface area contributed by atoms with E-state index in [0.29, 0.717) is 5.56 Å². The summed E-state index contributed by atoms with van der Waals surface area (Å²) in [5, 5.41) is 22.6. The van der Waals surface area contributed by atoms with Crippen molar-refractivity contribution in [3.63, 3.8) is 0 Å². The van der Waals surface area contributed by atoms with E-state index >= 15 is 0 Å². The van der Waals surface area contributed by atoms with Crippen molar-refractivity contribution in [3.8, 4) is 17.0 Å². The van der Waals surface area contributed by atoms with E-state index in [-0.39, 0.29) is 24.2 Å². The molecular formula is C32H38N4O7. The number of fused-ring (bicyclic) bond motifs is 3. The number of aliphatic hydroxyl groups is 1. The zero-order chi connectivity index (χ0) is 31.0. The number of aromatic hydroxyl groups is 1. The molecule has 43 heavy (non-hydrogen) atoms. The van der Waals surface area contributed by atoms with Gasteiger partial charge in [-0.25, -0.2) is 0 Å². The van der Waals surface area contributed by atoms with Gasteiger partial charge in [0.25, 0.3) is 0 Å². The van der Waals surface area contributed by atoms with Gasteiger partial charge in [-0.1, -0.05) is 6.92 Å². The lowest BCUT2D eigenvalue weighted by Gasteiger charge is -2.52. The van der Waals surface area contributed by atoms with Crippen molar-refractivity contribution in [1.82, 2.24) is 14.8 Å². The third-order valence-corrected chi connectivity index (χ3v) is 10.3. The zero-order valence-corrected chi connectivity index (χ0v) is 24.6. The van der Waals surface area contributed by atoms with Crippen LogP contribution in [-0.2, 0) is 32.1 Å². The van der Waals surface area contributed by atoms with Crippen LogP contribution in [0.1, 0.15) is 47.8 Å². The second kappa shape index (κ2) is 10.5. The number of benzene rings is 1. The molecule has 6 rings (SSSR count). The number of hydrogen-bond donors (Lipinski definition) is 4. The highest BCUT2D eigenvalue weighted by atomic mass is 16.3. The average Bonchev–Trinajstić information content (AvgIpc) is 3.40. The molecular weight excluding hydrogens is 552 g/mol. The van der Waals surface area contributed by atoms with Gasteiger partial charge in [-0.2, -0.15) is 0 Å². The number of carbonyl (C=O) groups excluding carboxylic acids is 5. The number of carbonyl (C=O) groups is 5. The maximum absolute atomic E-state index is 14.0. The largest absolute Gasteiger partial charge is 0.507 e. The van der Waals surface area contributed by atoms with Gasteiger partial charge in [0.1, 0.15) is 5.75 Å². The van der Waals surface area contributed by atoms with Crippen LogP contribution in [0.4, 0.5) is 0 Å². The molecule has 6 atom stereocenters. The maximum atomic E-state index is 14.0. The standard InChI is InChI=1S/C32H38N4O7/c1-15-8-10-36(11-9-15)14-17-4-6-21(34-17)18-5-7-22(37)24-19(18)12-16-13-20-26(35(2)3)28(39)25(31(33)42)30(41)32(20,43)29(40)23(16)27(24)38/h4-7,15-16,20,23,25-26,34,37,43H,8-14H2,1-3H3,(H2,33,42)/t16-,20-,23?,25?,26-,32-/m0/s1. The van der Waals surface area contributed by atoms with Crippen LogP contribution >= 0.6 is 0 Å². The maximum Gasteiger partial charge on any atom is 0.235 e. The molecule has 1 aromatic heterocycles. The van der Waals surface area contributed by atoms with Crippen molar-refractivity contribution in [2.24, 2.45) is 35.3 Å². The Hall–Kier alpha value is -3.67. The van der Waals surface area contributed by atoms with Crippen molar-refractivity contribution >= 4 is 29.0 Å². The predicted molar refractivity (Wildman–Crippen MR) is 155 cm³/mol. The molecule has 2 saturated carbocycles. The Balaban J connectivity index is 1.37. The molecule has 2 aromatic rings. The number of H-pyrrole nitrogens is 1. The number of Topliss-reactive ketones (excluding diaryl/α,β-unsaturated/α-hetero) is 4. The van der Waals surface area contributed by atoms with Gasteiger partial charge in [0.2, 0.25) is 5.91 Å². The highest BCUT2D eigenvalue weighted by Gasteiger charge is 2.69. The number of nitrogens with two attached hydrogens (primary N) is 1. The summed E-state index contributed by atoms with van der Waals surface area (Å²) in [7, 11) is 3.14. The topological polar surface area (TPSA) is 174 Å². The van der Waals surface area contributed by atoms with Crippen LogP contribution in [0, 0.1) is 29.6 Å². The lowest BCUT2D eigenvalue weighted by Crippen LogP contribution is -2.74. The van der Waals surface area contributed by atoms with Crippen LogP contribution in [0.5, 0.6) is 5.75 Å². The van der Waals surface area contributed by atoms with Crippen LogP contribution in [0.2, 0.25) is 0 Å². The molecule has 3 aliphatic carbocycles. The SMILES string of the molecule is CC1CCN(Cc2ccc(-c3ccc(O)c4c3C[C@H]3C[C@H]5[C@H](N(C)C)C(=O)C(C(N)=O)C(=O)[C@@]5(O)C(=O)C3C4=O)[nH]2)CC1. The Morgan fingerprint density at radius 1 is 1.09 bits per heavy atom. The third-order valence-electron chi connectivity index (χ3n) is 10.3. The number of phenolic OH excluding ortho intramolecular Hbond substituents is 1. The first kappa shape index (κ1) is 29.4. The third kappa shape index (κ3) is 4.47. The van der Waals surface area contributed by atoms with Crippen molar-refractivity contribution in [3.05, 3.63) is 41.1 Å². The Morgan fingerprint density at radius 3 is 2.44 bits per heavy atom. The van der Waals surface area contributed by atoms with Crippen molar-refractivity contribution < 1.29 is 34.2 Å². The summed E-state index contributed by atoms with van der Waals surface area (Å²) in [6.07, 6.45) is 2.55. The Kier molecular flexibility index (Phi) is 7.18. The van der Waals surface area contributed by atoms with Crippen LogP contribution < -0.4 is 5.73 Å². The first-order chi connectivity index (χ1) is 20.3. The fraction of sp³-hybridized carbons (Fsp3) is 0.531. The van der Waals surface area contributed by atoms with Crippen molar-refractivity contribution in [2.75, 3.05) is 27.2 Å². The predicted octanol–water partition coefficient (Wildman–Crippen LogP) is 1.09. The molecule has 3 fully saturated rings. The number of nitrogens with one attached hydrogen (secondary N) is 1.